The van der Waals surface area contributed by atoms with Crippen molar-refractivity contribution in [3.63, 3.8) is 0 Å². The Morgan fingerprint density at radius 3 is 2.66 bits per heavy atom. The van der Waals surface area contributed by atoms with Gasteiger partial charge in [0.25, 0.3) is 0 Å². The number of carbonyl (C=O) groups excluding carboxylic acids is 2. The monoisotopic (exact) mass is 402 g/mol. The third-order valence-electron chi connectivity index (χ3n) is 4.01. The maximum Gasteiger partial charge on any atom is 0.412 e. The number of nitrogens with zero attached hydrogens (tertiary/aromatic N) is 2. The van der Waals surface area contributed by atoms with Crippen molar-refractivity contribution in [3.8, 4) is 0 Å². The van der Waals surface area contributed by atoms with Crippen LogP contribution in [0.1, 0.15) is 11.6 Å². The molecular weight excluding hydrogens is 383 g/mol. The lowest BCUT2D eigenvalue weighted by atomic mass is 10.1. The average molecular weight is 402 g/mol. The molecule has 0 aliphatic rings. The number of aromatic amines is 1. The summed E-state index contributed by atoms with van der Waals surface area (Å²) in [5, 5.41) is 15.1. The summed E-state index contributed by atoms with van der Waals surface area (Å²) < 4.78 is 22.8. The van der Waals surface area contributed by atoms with Gasteiger partial charge in [-0.3, -0.25) is 15.7 Å². The van der Waals surface area contributed by atoms with Crippen LogP contribution in [0.15, 0.2) is 36.5 Å². The van der Waals surface area contributed by atoms with E-state index in [-0.39, 0.29) is 24.1 Å². The number of hydrogen-bond acceptors (Lipinski definition) is 6. The summed E-state index contributed by atoms with van der Waals surface area (Å²) in [6.45, 7) is 0.203. The van der Waals surface area contributed by atoms with Crippen molar-refractivity contribution in [1.82, 2.24) is 20.5 Å². The van der Waals surface area contributed by atoms with Crippen LogP contribution < -0.4 is 16.0 Å². The number of rotatable bonds is 6. The molecule has 0 radical (unpaired) electrons. The Bertz CT molecular complexity index is 1010. The maximum absolute atomic E-state index is 13.1. The van der Waals surface area contributed by atoms with Gasteiger partial charge in [-0.1, -0.05) is 12.1 Å². The molecule has 0 aliphatic heterocycles. The Morgan fingerprint density at radius 2 is 1.97 bits per heavy atom. The standard InChI is InChI=1S/C18H19FN6O4/c1-28-9-14(10-3-5-11(19)6-4-10)21-17(26)22-15-7-13-12(8-20-15)16(25-24-13)23-18(27)29-2/h3-8,14H,9H2,1-2H3,(H2,20,21,22,26)(H2,23,24,25,27)/t14-/m1/s1. The van der Waals surface area contributed by atoms with Gasteiger partial charge in [0.2, 0.25) is 0 Å². The van der Waals surface area contributed by atoms with E-state index in [9.17, 15) is 14.0 Å². The van der Waals surface area contributed by atoms with E-state index in [1.807, 2.05) is 0 Å². The lowest BCUT2D eigenvalue weighted by Gasteiger charge is -2.18. The minimum atomic E-state index is -0.662. The molecule has 2 aromatic heterocycles. The number of aromatic nitrogens is 3. The number of H-pyrrole nitrogens is 1. The number of methoxy groups -OCH3 is 2. The highest BCUT2D eigenvalue weighted by Crippen LogP contribution is 2.22. The third-order valence-corrected chi connectivity index (χ3v) is 4.01. The fourth-order valence-corrected chi connectivity index (χ4v) is 2.62. The normalized spacial score (nSPS) is 11.7. The molecule has 3 rings (SSSR count). The molecule has 2 heterocycles. The number of hydrogen-bond donors (Lipinski definition) is 4. The number of urea groups is 1. The lowest BCUT2D eigenvalue weighted by molar-refractivity contribution is 0.168. The van der Waals surface area contributed by atoms with Crippen molar-refractivity contribution >= 4 is 34.7 Å². The van der Waals surface area contributed by atoms with E-state index in [4.69, 9.17) is 4.74 Å². The second-order valence-corrected chi connectivity index (χ2v) is 5.96. The predicted octanol–water partition coefficient (Wildman–Crippen LogP) is 2.78. The van der Waals surface area contributed by atoms with Crippen LogP contribution in [0.4, 0.5) is 25.6 Å². The molecule has 10 nitrogen and oxygen atoms in total. The number of nitrogens with one attached hydrogen (secondary N) is 4. The molecule has 0 saturated carbocycles. The van der Waals surface area contributed by atoms with E-state index in [2.05, 4.69) is 35.9 Å². The summed E-state index contributed by atoms with van der Waals surface area (Å²) in [7, 11) is 2.75. The van der Waals surface area contributed by atoms with Crippen molar-refractivity contribution in [2.24, 2.45) is 0 Å². The van der Waals surface area contributed by atoms with Crippen LogP contribution in [0, 0.1) is 5.82 Å². The van der Waals surface area contributed by atoms with Gasteiger partial charge in [0, 0.05) is 19.4 Å². The van der Waals surface area contributed by atoms with Gasteiger partial charge in [-0.25, -0.2) is 19.0 Å². The van der Waals surface area contributed by atoms with Crippen LogP contribution in [0.3, 0.4) is 0 Å². The van der Waals surface area contributed by atoms with Crippen molar-refractivity contribution in [2.75, 3.05) is 31.5 Å². The Labute approximate surface area is 164 Å². The SMILES string of the molecule is COC[C@@H](NC(=O)Nc1cc2[nH]nc(NC(=O)OC)c2cn1)c1ccc(F)cc1. The summed E-state index contributed by atoms with van der Waals surface area (Å²) in [5.74, 6) is 0.151. The second-order valence-electron chi connectivity index (χ2n) is 5.96. The Morgan fingerprint density at radius 1 is 1.21 bits per heavy atom. The minimum absolute atomic E-state index is 0.203. The highest BCUT2D eigenvalue weighted by Gasteiger charge is 2.16. The van der Waals surface area contributed by atoms with E-state index in [0.29, 0.717) is 16.5 Å². The minimum Gasteiger partial charge on any atom is -0.453 e. The zero-order valence-electron chi connectivity index (χ0n) is 15.7. The van der Waals surface area contributed by atoms with Gasteiger partial charge < -0.3 is 14.8 Å². The summed E-state index contributed by atoms with van der Waals surface area (Å²) in [5.41, 5.74) is 1.24. The molecule has 0 saturated heterocycles. The third kappa shape index (κ3) is 4.96. The zero-order chi connectivity index (χ0) is 20.8. The smallest absolute Gasteiger partial charge is 0.412 e. The molecule has 0 aliphatic carbocycles. The van der Waals surface area contributed by atoms with Gasteiger partial charge in [-0.15, -0.1) is 0 Å². The number of amides is 3. The van der Waals surface area contributed by atoms with Gasteiger partial charge >= 0.3 is 12.1 Å². The first-order chi connectivity index (χ1) is 14.0. The number of halogens is 1. The molecule has 152 valence electrons. The van der Waals surface area contributed by atoms with E-state index in [1.54, 1.807) is 18.2 Å². The summed E-state index contributed by atoms with van der Waals surface area (Å²) in [4.78, 5) is 27.8. The quantitative estimate of drug-likeness (QED) is 0.502. The van der Waals surface area contributed by atoms with Gasteiger partial charge in [-0.05, 0) is 17.7 Å². The molecule has 0 bridgehead atoms. The molecule has 0 unspecified atom stereocenters. The maximum atomic E-state index is 13.1. The number of fused-ring (bicyclic) bond motifs is 1. The van der Waals surface area contributed by atoms with Gasteiger partial charge in [0.15, 0.2) is 5.82 Å². The number of ether oxygens (including phenoxy) is 2. The first-order valence-electron chi connectivity index (χ1n) is 8.51. The van der Waals surface area contributed by atoms with Crippen LogP contribution in [-0.4, -0.2) is 48.1 Å². The molecule has 0 spiro atoms. The van der Waals surface area contributed by atoms with Crippen molar-refractivity contribution in [2.45, 2.75) is 6.04 Å². The molecule has 0 fully saturated rings. The Hall–Kier alpha value is -3.73. The van der Waals surface area contributed by atoms with Crippen molar-refractivity contribution < 1.29 is 23.5 Å². The molecule has 11 heteroatoms. The van der Waals surface area contributed by atoms with Gasteiger partial charge in [0.1, 0.15) is 11.6 Å². The van der Waals surface area contributed by atoms with E-state index < -0.39 is 18.2 Å². The molecule has 4 N–H and O–H groups in total. The predicted molar refractivity (Wildman–Crippen MR) is 103 cm³/mol. The Kier molecular flexibility index (Phi) is 6.19. The van der Waals surface area contributed by atoms with Crippen LogP contribution >= 0.6 is 0 Å². The largest absolute Gasteiger partial charge is 0.453 e. The van der Waals surface area contributed by atoms with Crippen molar-refractivity contribution in [1.29, 1.82) is 0 Å². The fourth-order valence-electron chi connectivity index (χ4n) is 2.62. The number of anilines is 2. The van der Waals surface area contributed by atoms with E-state index in [1.165, 1.54) is 32.5 Å². The molecule has 3 amide bonds. The first kappa shape index (κ1) is 20.0. The first-order valence-corrected chi connectivity index (χ1v) is 8.51. The summed E-state index contributed by atoms with van der Waals surface area (Å²) >= 11 is 0. The fraction of sp³-hybridized carbons (Fsp3) is 0.222. The zero-order valence-corrected chi connectivity index (χ0v) is 15.7. The van der Waals surface area contributed by atoms with Crippen LogP contribution in [0.25, 0.3) is 10.9 Å². The highest BCUT2D eigenvalue weighted by atomic mass is 19.1. The van der Waals surface area contributed by atoms with Gasteiger partial charge in [-0.2, -0.15) is 5.10 Å². The van der Waals surface area contributed by atoms with E-state index >= 15 is 0 Å². The van der Waals surface area contributed by atoms with Crippen molar-refractivity contribution in [3.05, 3.63) is 47.9 Å². The van der Waals surface area contributed by atoms with Crippen LogP contribution in [0.2, 0.25) is 0 Å². The van der Waals surface area contributed by atoms with Crippen LogP contribution in [0.5, 0.6) is 0 Å². The molecule has 1 atom stereocenters. The molecule has 3 aromatic rings. The second kappa shape index (κ2) is 8.97. The lowest BCUT2D eigenvalue weighted by Crippen LogP contribution is -2.35. The molecule has 29 heavy (non-hydrogen) atoms. The Balaban J connectivity index is 1.69. The highest BCUT2D eigenvalue weighted by molar-refractivity contribution is 5.98. The number of carbonyl (C=O) groups is 2. The van der Waals surface area contributed by atoms with Crippen LogP contribution in [-0.2, 0) is 9.47 Å². The molecule has 1 aromatic carbocycles. The average Bonchev–Trinajstić information content (AvgIpc) is 3.10. The van der Waals surface area contributed by atoms with E-state index in [0.717, 1.165) is 0 Å². The molecular formula is C18H19FN6O4. The number of benzene rings is 1. The van der Waals surface area contributed by atoms with Gasteiger partial charge in [0.05, 0.1) is 30.7 Å². The summed E-state index contributed by atoms with van der Waals surface area (Å²) in [6, 6.07) is 6.33. The number of pyridine rings is 1. The summed E-state index contributed by atoms with van der Waals surface area (Å²) in [6.07, 6.45) is 0.789. The topological polar surface area (TPSA) is 130 Å².